The monoisotopic (exact) mass is 476 g/mol. The molecule has 3 aromatic heterocycles. The molecule has 0 atom stereocenters. The molecule has 180 valence electrons. The molecule has 4 rings (SSSR count). The van der Waals surface area contributed by atoms with E-state index in [1.54, 1.807) is 12.4 Å². The summed E-state index contributed by atoms with van der Waals surface area (Å²) >= 11 is 0. The number of alkyl halides is 3. The van der Waals surface area contributed by atoms with E-state index in [0.717, 1.165) is 35.7 Å². The number of amides is 1. The van der Waals surface area contributed by atoms with Crippen molar-refractivity contribution in [2.45, 2.75) is 25.6 Å². The Kier molecular flexibility index (Phi) is 7.82. The molecule has 0 saturated carbocycles. The first-order chi connectivity index (χ1) is 16.1. The number of halogens is 3. The molecular formula is C22H23F3N6O3. The Balaban J connectivity index is 0.000000406. The standard InChI is InChI=1S/C20H22N6O.C2HF3O2/c1-25-14-16(17-12-23-20(24-13-17)26-7-2-3-8-26)9-18(25)19(27)22-11-15-5-4-6-21-10-15;3-2(4,5)1(6)7/h4-6,9-10,12-14H,2-3,7-8,11H2,1H3,(H,22,27);(H,6,7). The van der Waals surface area contributed by atoms with Crippen LogP contribution in [0.15, 0.2) is 49.2 Å². The summed E-state index contributed by atoms with van der Waals surface area (Å²) in [5.41, 5.74) is 3.39. The number of carbonyl (C=O) groups is 2. The normalized spacial score (nSPS) is 13.2. The van der Waals surface area contributed by atoms with Crippen LogP contribution in [-0.4, -0.2) is 55.8 Å². The molecule has 0 aliphatic carbocycles. The fourth-order valence-electron chi connectivity index (χ4n) is 3.27. The second-order valence-electron chi connectivity index (χ2n) is 7.54. The number of hydrogen-bond acceptors (Lipinski definition) is 6. The van der Waals surface area contributed by atoms with Crippen molar-refractivity contribution < 1.29 is 27.9 Å². The first-order valence-corrected chi connectivity index (χ1v) is 10.4. The highest BCUT2D eigenvalue weighted by Crippen LogP contribution is 2.23. The van der Waals surface area contributed by atoms with Crippen molar-refractivity contribution in [3.63, 3.8) is 0 Å². The molecule has 4 heterocycles. The molecule has 0 aromatic carbocycles. The number of hydrogen-bond donors (Lipinski definition) is 2. The van der Waals surface area contributed by atoms with Gasteiger partial charge in [-0.05, 0) is 30.5 Å². The van der Waals surface area contributed by atoms with Crippen molar-refractivity contribution in [2.75, 3.05) is 18.0 Å². The number of carboxylic acid groups (broad SMARTS) is 1. The van der Waals surface area contributed by atoms with Gasteiger partial charge in [0, 0.05) is 68.8 Å². The third kappa shape index (κ3) is 6.53. The number of nitrogens with zero attached hydrogens (tertiary/aromatic N) is 5. The number of rotatable bonds is 5. The molecule has 0 radical (unpaired) electrons. The summed E-state index contributed by atoms with van der Waals surface area (Å²) in [7, 11) is 1.86. The molecule has 1 amide bonds. The quantitative estimate of drug-likeness (QED) is 0.582. The van der Waals surface area contributed by atoms with Gasteiger partial charge in [-0.2, -0.15) is 13.2 Å². The summed E-state index contributed by atoms with van der Waals surface area (Å²) in [6, 6.07) is 5.66. The zero-order valence-electron chi connectivity index (χ0n) is 18.3. The van der Waals surface area contributed by atoms with Crippen LogP contribution in [0.3, 0.4) is 0 Å². The highest BCUT2D eigenvalue weighted by atomic mass is 19.4. The van der Waals surface area contributed by atoms with Crippen LogP contribution in [0.5, 0.6) is 0 Å². The van der Waals surface area contributed by atoms with Crippen LogP contribution in [0.25, 0.3) is 11.1 Å². The van der Waals surface area contributed by atoms with Gasteiger partial charge in [-0.3, -0.25) is 9.78 Å². The Bertz CT molecular complexity index is 1110. The van der Waals surface area contributed by atoms with E-state index in [4.69, 9.17) is 9.90 Å². The fourth-order valence-corrected chi connectivity index (χ4v) is 3.27. The van der Waals surface area contributed by atoms with E-state index in [9.17, 15) is 18.0 Å². The summed E-state index contributed by atoms with van der Waals surface area (Å²) in [4.78, 5) is 36.7. The van der Waals surface area contributed by atoms with Gasteiger partial charge in [-0.15, -0.1) is 0 Å². The Morgan fingerprint density at radius 2 is 1.76 bits per heavy atom. The maximum Gasteiger partial charge on any atom is 0.490 e. The molecule has 1 aliphatic rings. The number of aromatic nitrogens is 4. The van der Waals surface area contributed by atoms with Gasteiger partial charge in [0.25, 0.3) is 5.91 Å². The summed E-state index contributed by atoms with van der Waals surface area (Å²) in [5, 5.41) is 10.1. The lowest BCUT2D eigenvalue weighted by atomic mass is 10.2. The molecule has 1 fully saturated rings. The van der Waals surface area contributed by atoms with Crippen LogP contribution in [0, 0.1) is 0 Å². The number of carboxylic acids is 1. The third-order valence-corrected chi connectivity index (χ3v) is 5.02. The first-order valence-electron chi connectivity index (χ1n) is 10.4. The van der Waals surface area contributed by atoms with E-state index in [0.29, 0.717) is 12.2 Å². The van der Waals surface area contributed by atoms with Gasteiger partial charge in [0.1, 0.15) is 5.69 Å². The lowest BCUT2D eigenvalue weighted by Gasteiger charge is -2.14. The molecule has 34 heavy (non-hydrogen) atoms. The van der Waals surface area contributed by atoms with Gasteiger partial charge in [0.2, 0.25) is 5.95 Å². The second-order valence-corrected chi connectivity index (χ2v) is 7.54. The van der Waals surface area contributed by atoms with Crippen molar-refractivity contribution >= 4 is 17.8 Å². The van der Waals surface area contributed by atoms with Crippen LogP contribution in [0.1, 0.15) is 28.9 Å². The van der Waals surface area contributed by atoms with Gasteiger partial charge in [-0.1, -0.05) is 6.07 Å². The van der Waals surface area contributed by atoms with E-state index < -0.39 is 12.1 Å². The van der Waals surface area contributed by atoms with E-state index in [1.807, 2.05) is 48.4 Å². The van der Waals surface area contributed by atoms with Gasteiger partial charge < -0.3 is 19.9 Å². The van der Waals surface area contributed by atoms with E-state index in [-0.39, 0.29) is 5.91 Å². The number of carbonyl (C=O) groups excluding carboxylic acids is 1. The Morgan fingerprint density at radius 3 is 2.32 bits per heavy atom. The highest BCUT2D eigenvalue weighted by molar-refractivity contribution is 5.94. The predicted octanol–water partition coefficient (Wildman–Crippen LogP) is 3.04. The molecule has 0 unspecified atom stereocenters. The van der Waals surface area contributed by atoms with Crippen molar-refractivity contribution in [3.05, 3.63) is 60.4 Å². The van der Waals surface area contributed by atoms with Crippen molar-refractivity contribution in [2.24, 2.45) is 7.05 Å². The summed E-state index contributed by atoms with van der Waals surface area (Å²) in [5.74, 6) is -2.10. The lowest BCUT2D eigenvalue weighted by Crippen LogP contribution is -2.24. The first kappa shape index (κ1) is 24.7. The number of aryl methyl sites for hydroxylation is 1. The van der Waals surface area contributed by atoms with Crippen molar-refractivity contribution in [1.29, 1.82) is 0 Å². The van der Waals surface area contributed by atoms with Crippen molar-refractivity contribution in [3.8, 4) is 11.1 Å². The Morgan fingerprint density at radius 1 is 1.12 bits per heavy atom. The van der Waals surface area contributed by atoms with E-state index >= 15 is 0 Å². The number of aliphatic carboxylic acids is 1. The van der Waals surface area contributed by atoms with Gasteiger partial charge in [0.05, 0.1) is 0 Å². The predicted molar refractivity (Wildman–Crippen MR) is 117 cm³/mol. The minimum Gasteiger partial charge on any atom is -0.475 e. The average Bonchev–Trinajstić information content (AvgIpc) is 3.48. The van der Waals surface area contributed by atoms with Gasteiger partial charge >= 0.3 is 12.1 Å². The summed E-state index contributed by atoms with van der Waals surface area (Å²) in [6.07, 6.45) is 6.35. The maximum atomic E-state index is 12.5. The van der Waals surface area contributed by atoms with Crippen LogP contribution < -0.4 is 10.2 Å². The molecule has 0 bridgehead atoms. The fraction of sp³-hybridized carbons (Fsp3) is 0.318. The number of pyridine rings is 1. The summed E-state index contributed by atoms with van der Waals surface area (Å²) < 4.78 is 33.6. The van der Waals surface area contributed by atoms with Crippen LogP contribution in [-0.2, 0) is 18.4 Å². The Labute approximate surface area is 193 Å². The van der Waals surface area contributed by atoms with Crippen LogP contribution in [0.4, 0.5) is 19.1 Å². The molecule has 1 saturated heterocycles. The molecule has 3 aromatic rings. The SMILES string of the molecule is Cn1cc(-c2cnc(N3CCCC3)nc2)cc1C(=O)NCc1cccnc1.O=C(O)C(F)(F)F. The zero-order valence-corrected chi connectivity index (χ0v) is 18.3. The Hall–Kier alpha value is -3.96. The average molecular weight is 476 g/mol. The molecule has 9 nitrogen and oxygen atoms in total. The topological polar surface area (TPSA) is 113 Å². The maximum absolute atomic E-state index is 12.5. The minimum atomic E-state index is -5.08. The second kappa shape index (κ2) is 10.8. The van der Waals surface area contributed by atoms with Gasteiger partial charge in [-0.25, -0.2) is 14.8 Å². The minimum absolute atomic E-state index is 0.123. The lowest BCUT2D eigenvalue weighted by molar-refractivity contribution is -0.192. The van der Waals surface area contributed by atoms with Gasteiger partial charge in [0.15, 0.2) is 0 Å². The van der Waals surface area contributed by atoms with E-state index in [1.165, 1.54) is 12.8 Å². The smallest absolute Gasteiger partial charge is 0.475 e. The molecule has 2 N–H and O–H groups in total. The van der Waals surface area contributed by atoms with Crippen LogP contribution in [0.2, 0.25) is 0 Å². The molecular weight excluding hydrogens is 453 g/mol. The molecule has 12 heteroatoms. The van der Waals surface area contributed by atoms with E-state index in [2.05, 4.69) is 25.2 Å². The summed E-state index contributed by atoms with van der Waals surface area (Å²) in [6.45, 7) is 2.48. The number of nitrogens with one attached hydrogen (secondary N) is 1. The largest absolute Gasteiger partial charge is 0.490 e. The zero-order chi connectivity index (χ0) is 24.7. The van der Waals surface area contributed by atoms with Crippen molar-refractivity contribution in [1.82, 2.24) is 24.8 Å². The van der Waals surface area contributed by atoms with Crippen LogP contribution >= 0.6 is 0 Å². The third-order valence-electron chi connectivity index (χ3n) is 5.02. The molecule has 1 aliphatic heterocycles. The highest BCUT2D eigenvalue weighted by Gasteiger charge is 2.38. The number of anilines is 1. The molecule has 0 spiro atoms.